The van der Waals surface area contributed by atoms with Crippen molar-refractivity contribution in [3.8, 4) is 0 Å². The van der Waals surface area contributed by atoms with Gasteiger partial charge in [-0.25, -0.2) is 0 Å². The molecule has 1 aliphatic heterocycles. The summed E-state index contributed by atoms with van der Waals surface area (Å²) in [6.07, 6.45) is -2.83. The Morgan fingerprint density at radius 2 is 2.21 bits per heavy atom. The van der Waals surface area contributed by atoms with Crippen LogP contribution >= 0.6 is 0 Å². The monoisotopic (exact) mass is 210 g/mol. The van der Waals surface area contributed by atoms with E-state index in [0.29, 0.717) is 6.42 Å². The van der Waals surface area contributed by atoms with Crippen LogP contribution in [0.15, 0.2) is 0 Å². The van der Waals surface area contributed by atoms with Gasteiger partial charge in [-0.15, -0.1) is 0 Å². The number of carbonyl (C=O) groups excluding carboxylic acids is 1. The second kappa shape index (κ2) is 4.16. The number of hydrogen-bond donors (Lipinski definition) is 1. The van der Waals surface area contributed by atoms with Gasteiger partial charge in [0.15, 0.2) is 0 Å². The number of carbonyl (C=O) groups is 1. The SMILES string of the molecule is CN1CCC[C@H]1C(=O)NCC(F)(F)F. The highest BCUT2D eigenvalue weighted by atomic mass is 19.4. The first-order chi connectivity index (χ1) is 6.40. The molecule has 1 aliphatic rings. The average Bonchev–Trinajstić information content (AvgIpc) is 2.46. The van der Waals surface area contributed by atoms with Gasteiger partial charge in [-0.05, 0) is 26.4 Å². The lowest BCUT2D eigenvalue weighted by Gasteiger charge is -2.19. The molecule has 0 aromatic heterocycles. The standard InChI is InChI=1S/C8H13F3N2O/c1-13-4-2-3-6(13)7(14)12-5-8(9,10)11/h6H,2-5H2,1H3,(H,12,14)/t6-/m0/s1. The maximum Gasteiger partial charge on any atom is 0.405 e. The van der Waals surface area contributed by atoms with Gasteiger partial charge in [0.05, 0.1) is 6.04 Å². The Morgan fingerprint density at radius 1 is 1.57 bits per heavy atom. The molecule has 0 aromatic rings. The number of amides is 1. The van der Waals surface area contributed by atoms with Crippen LogP contribution in [-0.4, -0.2) is 43.2 Å². The molecular weight excluding hydrogens is 197 g/mol. The molecule has 82 valence electrons. The van der Waals surface area contributed by atoms with Gasteiger partial charge in [0, 0.05) is 0 Å². The van der Waals surface area contributed by atoms with Crippen molar-refractivity contribution in [2.45, 2.75) is 25.1 Å². The Kier molecular flexibility index (Phi) is 3.36. The summed E-state index contributed by atoms with van der Waals surface area (Å²) in [6.45, 7) is -0.472. The number of nitrogens with one attached hydrogen (secondary N) is 1. The largest absolute Gasteiger partial charge is 0.405 e. The Labute approximate surface area is 80.3 Å². The summed E-state index contributed by atoms with van der Waals surface area (Å²) in [5, 5.41) is 1.89. The number of likely N-dealkylation sites (N-methyl/N-ethyl adjacent to an activating group) is 1. The predicted molar refractivity (Wildman–Crippen MR) is 44.7 cm³/mol. The fourth-order valence-corrected chi connectivity index (χ4v) is 1.55. The summed E-state index contributed by atoms with van der Waals surface area (Å²) in [5.74, 6) is -0.526. The van der Waals surface area contributed by atoms with Crippen LogP contribution in [-0.2, 0) is 4.79 Å². The van der Waals surface area contributed by atoms with E-state index in [1.807, 2.05) is 5.32 Å². The van der Waals surface area contributed by atoms with Crippen LogP contribution in [0.3, 0.4) is 0 Å². The average molecular weight is 210 g/mol. The molecule has 0 spiro atoms. The number of alkyl halides is 3. The van der Waals surface area contributed by atoms with E-state index in [1.54, 1.807) is 11.9 Å². The lowest BCUT2D eigenvalue weighted by atomic mass is 10.2. The number of nitrogens with zero attached hydrogens (tertiary/aromatic N) is 1. The third-order valence-electron chi connectivity index (χ3n) is 2.29. The molecule has 0 bridgehead atoms. The molecule has 3 nitrogen and oxygen atoms in total. The zero-order valence-corrected chi connectivity index (χ0v) is 7.90. The van der Waals surface area contributed by atoms with Gasteiger partial charge in [-0.2, -0.15) is 13.2 Å². The zero-order valence-electron chi connectivity index (χ0n) is 7.90. The van der Waals surface area contributed by atoms with E-state index < -0.39 is 24.7 Å². The zero-order chi connectivity index (χ0) is 10.8. The van der Waals surface area contributed by atoms with Gasteiger partial charge in [-0.3, -0.25) is 9.69 Å². The quantitative estimate of drug-likeness (QED) is 0.729. The van der Waals surface area contributed by atoms with Crippen molar-refractivity contribution in [2.24, 2.45) is 0 Å². The van der Waals surface area contributed by atoms with Crippen LogP contribution in [0, 0.1) is 0 Å². The number of likely N-dealkylation sites (tertiary alicyclic amines) is 1. The fraction of sp³-hybridized carbons (Fsp3) is 0.875. The minimum atomic E-state index is -4.33. The van der Waals surface area contributed by atoms with Crippen molar-refractivity contribution in [1.29, 1.82) is 0 Å². The molecule has 0 saturated carbocycles. The summed E-state index contributed by atoms with van der Waals surface area (Å²) in [5.41, 5.74) is 0. The van der Waals surface area contributed by atoms with E-state index in [4.69, 9.17) is 0 Å². The second-order valence-electron chi connectivity index (χ2n) is 3.47. The molecule has 1 rings (SSSR count). The Morgan fingerprint density at radius 3 is 2.64 bits per heavy atom. The summed E-state index contributed by atoms with van der Waals surface area (Å²) >= 11 is 0. The van der Waals surface area contributed by atoms with Gasteiger partial charge in [0.1, 0.15) is 6.54 Å². The van der Waals surface area contributed by atoms with E-state index in [-0.39, 0.29) is 0 Å². The molecule has 6 heteroatoms. The molecule has 1 fully saturated rings. The lowest BCUT2D eigenvalue weighted by molar-refractivity contribution is -0.140. The normalized spacial score (nSPS) is 23.9. The topological polar surface area (TPSA) is 32.3 Å². The molecular formula is C8H13F3N2O. The van der Waals surface area contributed by atoms with E-state index in [9.17, 15) is 18.0 Å². The molecule has 1 N–H and O–H groups in total. The third-order valence-corrected chi connectivity index (χ3v) is 2.29. The van der Waals surface area contributed by atoms with Crippen LogP contribution < -0.4 is 5.32 Å². The summed E-state index contributed by atoms with van der Waals surface area (Å²) in [4.78, 5) is 13.0. The minimum absolute atomic E-state index is 0.391. The van der Waals surface area contributed by atoms with Gasteiger partial charge >= 0.3 is 6.18 Å². The molecule has 0 unspecified atom stereocenters. The molecule has 0 radical (unpaired) electrons. The first kappa shape index (κ1) is 11.3. The molecule has 1 amide bonds. The van der Waals surface area contributed by atoms with Crippen LogP contribution in [0.5, 0.6) is 0 Å². The number of rotatable bonds is 2. The Bertz CT molecular complexity index is 217. The van der Waals surface area contributed by atoms with Crippen molar-refractivity contribution >= 4 is 5.91 Å². The Hall–Kier alpha value is -0.780. The summed E-state index contributed by atoms with van der Waals surface area (Å²) in [6, 6.07) is -0.391. The molecule has 0 aliphatic carbocycles. The number of halogens is 3. The van der Waals surface area contributed by atoms with Crippen molar-refractivity contribution in [1.82, 2.24) is 10.2 Å². The minimum Gasteiger partial charge on any atom is -0.346 e. The van der Waals surface area contributed by atoms with Gasteiger partial charge in [-0.1, -0.05) is 0 Å². The van der Waals surface area contributed by atoms with Crippen molar-refractivity contribution < 1.29 is 18.0 Å². The first-order valence-electron chi connectivity index (χ1n) is 4.45. The van der Waals surface area contributed by atoms with Crippen LogP contribution in [0.2, 0.25) is 0 Å². The van der Waals surface area contributed by atoms with E-state index >= 15 is 0 Å². The third kappa shape index (κ3) is 3.17. The first-order valence-corrected chi connectivity index (χ1v) is 4.45. The molecule has 1 heterocycles. The lowest BCUT2D eigenvalue weighted by Crippen LogP contribution is -2.44. The molecule has 14 heavy (non-hydrogen) atoms. The van der Waals surface area contributed by atoms with E-state index in [1.165, 1.54) is 0 Å². The smallest absolute Gasteiger partial charge is 0.346 e. The van der Waals surface area contributed by atoms with Gasteiger partial charge in [0.25, 0.3) is 0 Å². The highest BCUT2D eigenvalue weighted by molar-refractivity contribution is 5.82. The van der Waals surface area contributed by atoms with Crippen molar-refractivity contribution in [3.05, 3.63) is 0 Å². The molecule has 0 aromatic carbocycles. The fourth-order valence-electron chi connectivity index (χ4n) is 1.55. The van der Waals surface area contributed by atoms with Gasteiger partial charge in [0.2, 0.25) is 5.91 Å². The van der Waals surface area contributed by atoms with E-state index in [0.717, 1.165) is 13.0 Å². The van der Waals surface area contributed by atoms with Gasteiger partial charge < -0.3 is 5.32 Å². The maximum atomic E-state index is 11.8. The molecule has 1 atom stereocenters. The Balaban J connectivity index is 2.35. The van der Waals surface area contributed by atoms with Crippen molar-refractivity contribution in [2.75, 3.05) is 20.1 Å². The maximum absolute atomic E-state index is 11.8. The summed E-state index contributed by atoms with van der Waals surface area (Å²) < 4.78 is 35.3. The van der Waals surface area contributed by atoms with Crippen LogP contribution in [0.25, 0.3) is 0 Å². The second-order valence-corrected chi connectivity index (χ2v) is 3.47. The van der Waals surface area contributed by atoms with E-state index in [2.05, 4.69) is 0 Å². The van der Waals surface area contributed by atoms with Crippen LogP contribution in [0.1, 0.15) is 12.8 Å². The van der Waals surface area contributed by atoms with Crippen molar-refractivity contribution in [3.63, 3.8) is 0 Å². The summed E-state index contributed by atoms with van der Waals surface area (Å²) in [7, 11) is 1.74. The number of hydrogen-bond acceptors (Lipinski definition) is 2. The van der Waals surface area contributed by atoms with Crippen LogP contribution in [0.4, 0.5) is 13.2 Å². The highest BCUT2D eigenvalue weighted by Crippen LogP contribution is 2.16. The predicted octanol–water partition coefficient (Wildman–Crippen LogP) is 0.759. The molecule has 1 saturated heterocycles. The highest BCUT2D eigenvalue weighted by Gasteiger charge is 2.32.